The fourth-order valence-corrected chi connectivity index (χ4v) is 2.46. The summed E-state index contributed by atoms with van der Waals surface area (Å²) in [5.74, 6) is 1.15. The van der Waals surface area contributed by atoms with E-state index >= 15 is 0 Å². The van der Waals surface area contributed by atoms with Gasteiger partial charge in [0.05, 0.1) is 12.2 Å². The molecule has 0 saturated heterocycles. The summed E-state index contributed by atoms with van der Waals surface area (Å²) in [5.41, 5.74) is 0.910. The number of hydrogen-bond donors (Lipinski definition) is 0. The van der Waals surface area contributed by atoms with Crippen molar-refractivity contribution in [3.8, 4) is 5.75 Å². The van der Waals surface area contributed by atoms with Crippen LogP contribution in [-0.2, 0) is 4.79 Å². The maximum absolute atomic E-state index is 12.5. The van der Waals surface area contributed by atoms with E-state index in [0.29, 0.717) is 6.54 Å². The lowest BCUT2D eigenvalue weighted by Gasteiger charge is -2.35. The smallest absolute Gasteiger partial charge is 0.230 e. The Balaban J connectivity index is 2.31. The van der Waals surface area contributed by atoms with Crippen molar-refractivity contribution in [3.05, 3.63) is 24.3 Å². The molecule has 18 heavy (non-hydrogen) atoms. The lowest BCUT2D eigenvalue weighted by atomic mass is 10.0. The zero-order chi connectivity index (χ0) is 13.1. The third kappa shape index (κ3) is 2.35. The van der Waals surface area contributed by atoms with Gasteiger partial charge in [-0.05, 0) is 31.9 Å². The molecule has 1 aromatic carbocycles. The number of ether oxygens (including phenoxy) is 1. The zero-order valence-electron chi connectivity index (χ0n) is 11.3. The Bertz CT molecular complexity index is 426. The summed E-state index contributed by atoms with van der Waals surface area (Å²) in [6.07, 6.45) is 1.84. The van der Waals surface area contributed by atoms with Crippen LogP contribution in [0.3, 0.4) is 0 Å². The van der Waals surface area contributed by atoms with Crippen molar-refractivity contribution >= 4 is 11.6 Å². The molecule has 1 aliphatic rings. The molecule has 0 aliphatic carbocycles. The summed E-state index contributed by atoms with van der Waals surface area (Å²) in [6.45, 7) is 6.79. The summed E-state index contributed by atoms with van der Waals surface area (Å²) in [7, 11) is 0. The highest BCUT2D eigenvalue weighted by Gasteiger charge is 2.30. The maximum Gasteiger partial charge on any atom is 0.230 e. The third-order valence-corrected chi connectivity index (χ3v) is 3.52. The van der Waals surface area contributed by atoms with E-state index in [9.17, 15) is 4.79 Å². The molecule has 0 bridgehead atoms. The van der Waals surface area contributed by atoms with Gasteiger partial charge in [0, 0.05) is 5.92 Å². The molecule has 1 heterocycles. The van der Waals surface area contributed by atoms with E-state index in [0.717, 1.165) is 24.3 Å². The minimum Gasteiger partial charge on any atom is -0.487 e. The molecule has 0 aromatic heterocycles. The Morgan fingerprint density at radius 1 is 1.39 bits per heavy atom. The van der Waals surface area contributed by atoms with Gasteiger partial charge in [-0.1, -0.05) is 26.0 Å². The molecule has 1 unspecified atom stereocenters. The second-order valence-electron chi connectivity index (χ2n) is 4.86. The average molecular weight is 247 g/mol. The van der Waals surface area contributed by atoms with Gasteiger partial charge in [-0.2, -0.15) is 0 Å². The van der Waals surface area contributed by atoms with Crippen molar-refractivity contribution in [2.24, 2.45) is 5.92 Å². The van der Waals surface area contributed by atoms with Gasteiger partial charge in [0.15, 0.2) is 0 Å². The number of rotatable bonds is 3. The number of carbonyl (C=O) groups excluding carboxylic acids is 1. The van der Waals surface area contributed by atoms with Crippen molar-refractivity contribution < 1.29 is 9.53 Å². The van der Waals surface area contributed by atoms with Gasteiger partial charge in [-0.15, -0.1) is 0 Å². The number of carbonyl (C=O) groups is 1. The topological polar surface area (TPSA) is 29.5 Å². The summed E-state index contributed by atoms with van der Waals surface area (Å²) in [4.78, 5) is 14.4. The number of anilines is 1. The monoisotopic (exact) mass is 247 g/mol. The molecule has 2 rings (SSSR count). The Labute approximate surface area is 109 Å². The van der Waals surface area contributed by atoms with Gasteiger partial charge in [-0.25, -0.2) is 0 Å². The second kappa shape index (κ2) is 5.42. The van der Waals surface area contributed by atoms with Crippen molar-refractivity contribution in [2.75, 3.05) is 11.4 Å². The summed E-state index contributed by atoms with van der Waals surface area (Å²) >= 11 is 0. The molecular weight excluding hydrogens is 226 g/mol. The van der Waals surface area contributed by atoms with E-state index < -0.39 is 0 Å². The minimum absolute atomic E-state index is 0.0539. The molecule has 0 saturated carbocycles. The number of fused-ring (bicyclic) bond motifs is 1. The molecule has 1 aromatic rings. The predicted octanol–water partition coefficient (Wildman–Crippen LogP) is 3.24. The van der Waals surface area contributed by atoms with Gasteiger partial charge >= 0.3 is 0 Å². The van der Waals surface area contributed by atoms with Crippen LogP contribution in [-0.4, -0.2) is 18.6 Å². The maximum atomic E-state index is 12.5. The largest absolute Gasteiger partial charge is 0.487 e. The Hall–Kier alpha value is -1.51. The van der Waals surface area contributed by atoms with E-state index in [4.69, 9.17) is 4.74 Å². The first-order valence-electron chi connectivity index (χ1n) is 6.74. The zero-order valence-corrected chi connectivity index (χ0v) is 11.3. The van der Waals surface area contributed by atoms with Crippen LogP contribution in [0.2, 0.25) is 0 Å². The standard InChI is InChI=1S/C15H21NO2/c1-4-12(5-2)15(17)16-10-11(3)18-14-9-7-6-8-13(14)16/h6-9,11-12H,4-5,10H2,1-3H3. The lowest BCUT2D eigenvalue weighted by Crippen LogP contribution is -2.44. The van der Waals surface area contributed by atoms with Crippen LogP contribution < -0.4 is 9.64 Å². The molecule has 0 radical (unpaired) electrons. The molecule has 3 nitrogen and oxygen atoms in total. The van der Waals surface area contributed by atoms with Gasteiger partial charge in [-0.3, -0.25) is 4.79 Å². The molecule has 1 aliphatic heterocycles. The van der Waals surface area contributed by atoms with Crippen LogP contribution in [0.1, 0.15) is 33.6 Å². The van der Waals surface area contributed by atoms with Crippen molar-refractivity contribution in [3.63, 3.8) is 0 Å². The third-order valence-electron chi connectivity index (χ3n) is 3.52. The molecule has 0 N–H and O–H groups in total. The number of amides is 1. The van der Waals surface area contributed by atoms with E-state index in [1.165, 1.54) is 0 Å². The van der Waals surface area contributed by atoms with Crippen LogP contribution in [0.5, 0.6) is 5.75 Å². The molecule has 0 fully saturated rings. The Morgan fingerprint density at radius 3 is 2.72 bits per heavy atom. The van der Waals surface area contributed by atoms with Crippen LogP contribution in [0.15, 0.2) is 24.3 Å². The van der Waals surface area contributed by atoms with Gasteiger partial charge in [0.1, 0.15) is 11.9 Å². The van der Waals surface area contributed by atoms with Gasteiger partial charge < -0.3 is 9.64 Å². The van der Waals surface area contributed by atoms with Crippen LogP contribution in [0, 0.1) is 5.92 Å². The molecule has 98 valence electrons. The molecule has 0 spiro atoms. The molecule has 3 heteroatoms. The van der Waals surface area contributed by atoms with Crippen molar-refractivity contribution in [2.45, 2.75) is 39.7 Å². The average Bonchev–Trinajstić information content (AvgIpc) is 2.39. The number of para-hydroxylation sites is 2. The first kappa shape index (κ1) is 12.9. The van der Waals surface area contributed by atoms with Crippen LogP contribution >= 0.6 is 0 Å². The highest BCUT2D eigenvalue weighted by atomic mass is 16.5. The Kier molecular flexibility index (Phi) is 3.90. The summed E-state index contributed by atoms with van der Waals surface area (Å²) < 4.78 is 5.77. The quantitative estimate of drug-likeness (QED) is 0.820. The molecule has 1 atom stereocenters. The predicted molar refractivity (Wildman–Crippen MR) is 73.0 cm³/mol. The van der Waals surface area contributed by atoms with Gasteiger partial charge in [0.25, 0.3) is 0 Å². The highest BCUT2D eigenvalue weighted by molar-refractivity contribution is 5.96. The number of benzene rings is 1. The Morgan fingerprint density at radius 2 is 2.06 bits per heavy atom. The lowest BCUT2D eigenvalue weighted by molar-refractivity contribution is -0.123. The number of nitrogens with zero attached hydrogens (tertiary/aromatic N) is 1. The van der Waals surface area contributed by atoms with Crippen molar-refractivity contribution in [1.82, 2.24) is 0 Å². The second-order valence-corrected chi connectivity index (χ2v) is 4.86. The van der Waals surface area contributed by atoms with Gasteiger partial charge in [0.2, 0.25) is 5.91 Å². The normalized spacial score (nSPS) is 18.4. The summed E-state index contributed by atoms with van der Waals surface area (Å²) in [5, 5.41) is 0. The fourth-order valence-electron chi connectivity index (χ4n) is 2.46. The first-order chi connectivity index (χ1) is 8.67. The first-order valence-corrected chi connectivity index (χ1v) is 6.74. The van der Waals surface area contributed by atoms with E-state index in [1.807, 2.05) is 36.1 Å². The van der Waals surface area contributed by atoms with Crippen molar-refractivity contribution in [1.29, 1.82) is 0 Å². The summed E-state index contributed by atoms with van der Waals surface area (Å²) in [6, 6.07) is 7.78. The van der Waals surface area contributed by atoms with Crippen LogP contribution in [0.4, 0.5) is 5.69 Å². The van der Waals surface area contributed by atoms with E-state index in [1.54, 1.807) is 0 Å². The fraction of sp³-hybridized carbons (Fsp3) is 0.533. The molecular formula is C15H21NO2. The SMILES string of the molecule is CCC(CC)C(=O)N1CC(C)Oc2ccccc21. The van der Waals surface area contributed by atoms with E-state index in [2.05, 4.69) is 13.8 Å². The number of hydrogen-bond acceptors (Lipinski definition) is 2. The highest BCUT2D eigenvalue weighted by Crippen LogP contribution is 2.34. The van der Waals surface area contributed by atoms with E-state index in [-0.39, 0.29) is 17.9 Å². The van der Waals surface area contributed by atoms with Crippen LogP contribution in [0.25, 0.3) is 0 Å². The molecule has 1 amide bonds. The minimum atomic E-state index is 0.0539.